The Balaban J connectivity index is 1.79. The molecule has 27 heavy (non-hydrogen) atoms. The van der Waals surface area contributed by atoms with Gasteiger partial charge in [0.1, 0.15) is 12.1 Å². The molecule has 138 valence electrons. The molecule has 3 rings (SSSR count). The van der Waals surface area contributed by atoms with Gasteiger partial charge in [-0.2, -0.15) is 0 Å². The number of anilines is 1. The SMILES string of the molecule is CC1(c2cccc([N+](=O)[O-])c2)NC(=O)N(CC(=O)Nc2ccccc2)C1=O. The zero-order valence-electron chi connectivity index (χ0n) is 14.3. The Kier molecular flexibility index (Phi) is 4.59. The van der Waals surface area contributed by atoms with Gasteiger partial charge in [-0.1, -0.05) is 30.3 Å². The molecule has 0 aromatic heterocycles. The zero-order chi connectivity index (χ0) is 19.6. The normalized spacial score (nSPS) is 18.9. The first-order valence-electron chi connectivity index (χ1n) is 8.05. The maximum Gasteiger partial charge on any atom is 0.325 e. The predicted octanol–water partition coefficient (Wildman–Crippen LogP) is 2.00. The number of nitro benzene ring substituents is 1. The number of carbonyl (C=O) groups excluding carboxylic acids is 3. The molecule has 1 saturated heterocycles. The van der Waals surface area contributed by atoms with Crippen LogP contribution in [0.3, 0.4) is 0 Å². The van der Waals surface area contributed by atoms with Crippen molar-refractivity contribution in [2.24, 2.45) is 0 Å². The van der Waals surface area contributed by atoms with E-state index in [1.54, 1.807) is 30.3 Å². The van der Waals surface area contributed by atoms with Crippen molar-refractivity contribution in [1.29, 1.82) is 0 Å². The number of nitrogens with zero attached hydrogens (tertiary/aromatic N) is 2. The summed E-state index contributed by atoms with van der Waals surface area (Å²) in [5.74, 6) is -1.19. The number of para-hydroxylation sites is 1. The average molecular weight is 368 g/mol. The second-order valence-corrected chi connectivity index (χ2v) is 6.17. The molecular formula is C18H16N4O5. The molecule has 2 aromatic carbocycles. The number of nitrogens with one attached hydrogen (secondary N) is 2. The number of imide groups is 1. The van der Waals surface area contributed by atoms with Gasteiger partial charge in [-0.15, -0.1) is 0 Å². The lowest BCUT2D eigenvalue weighted by atomic mass is 9.91. The van der Waals surface area contributed by atoms with E-state index in [4.69, 9.17) is 0 Å². The van der Waals surface area contributed by atoms with E-state index in [0.717, 1.165) is 4.90 Å². The summed E-state index contributed by atoms with van der Waals surface area (Å²) in [6.07, 6.45) is 0. The number of urea groups is 1. The van der Waals surface area contributed by atoms with Gasteiger partial charge in [0, 0.05) is 17.8 Å². The van der Waals surface area contributed by atoms with Crippen LogP contribution in [0, 0.1) is 10.1 Å². The first-order chi connectivity index (χ1) is 12.8. The van der Waals surface area contributed by atoms with Crippen molar-refractivity contribution in [3.8, 4) is 0 Å². The van der Waals surface area contributed by atoms with Crippen LogP contribution in [0.25, 0.3) is 0 Å². The summed E-state index contributed by atoms with van der Waals surface area (Å²) in [5, 5.41) is 16.1. The van der Waals surface area contributed by atoms with E-state index in [1.807, 2.05) is 0 Å². The van der Waals surface area contributed by atoms with E-state index < -0.39 is 34.9 Å². The highest BCUT2D eigenvalue weighted by Crippen LogP contribution is 2.30. The molecule has 1 aliphatic rings. The van der Waals surface area contributed by atoms with Crippen molar-refractivity contribution in [2.75, 3.05) is 11.9 Å². The van der Waals surface area contributed by atoms with Crippen LogP contribution >= 0.6 is 0 Å². The first-order valence-corrected chi connectivity index (χ1v) is 8.05. The van der Waals surface area contributed by atoms with Crippen LogP contribution in [0.15, 0.2) is 54.6 Å². The van der Waals surface area contributed by atoms with Crippen molar-refractivity contribution in [3.05, 3.63) is 70.3 Å². The topological polar surface area (TPSA) is 122 Å². The highest BCUT2D eigenvalue weighted by atomic mass is 16.6. The molecule has 9 nitrogen and oxygen atoms in total. The summed E-state index contributed by atoms with van der Waals surface area (Å²) in [6.45, 7) is 0.978. The molecule has 2 N–H and O–H groups in total. The third-order valence-electron chi connectivity index (χ3n) is 4.27. The molecule has 9 heteroatoms. The van der Waals surface area contributed by atoms with E-state index in [2.05, 4.69) is 10.6 Å². The van der Waals surface area contributed by atoms with Crippen LogP contribution < -0.4 is 10.6 Å². The molecule has 1 unspecified atom stereocenters. The lowest BCUT2D eigenvalue weighted by molar-refractivity contribution is -0.385. The minimum atomic E-state index is -1.49. The third kappa shape index (κ3) is 3.47. The molecule has 1 atom stereocenters. The molecule has 1 heterocycles. The minimum absolute atomic E-state index is 0.198. The van der Waals surface area contributed by atoms with Crippen LogP contribution in [-0.4, -0.2) is 34.2 Å². The van der Waals surface area contributed by atoms with Crippen LogP contribution in [0.1, 0.15) is 12.5 Å². The Morgan fingerprint density at radius 1 is 1.19 bits per heavy atom. The number of carbonyl (C=O) groups is 3. The quantitative estimate of drug-likeness (QED) is 0.475. The van der Waals surface area contributed by atoms with Gasteiger partial charge in [0.05, 0.1) is 4.92 Å². The number of hydrogen-bond donors (Lipinski definition) is 2. The minimum Gasteiger partial charge on any atom is -0.325 e. The molecule has 2 aromatic rings. The number of amides is 4. The fourth-order valence-corrected chi connectivity index (χ4v) is 2.83. The van der Waals surface area contributed by atoms with Crippen molar-refractivity contribution in [2.45, 2.75) is 12.5 Å². The van der Waals surface area contributed by atoms with Gasteiger partial charge in [-0.25, -0.2) is 4.79 Å². The standard InChI is InChI=1S/C18H16N4O5/c1-18(12-6-5-9-14(10-12)22(26)27)16(24)21(17(25)20-18)11-15(23)19-13-7-3-2-4-8-13/h2-10H,11H2,1H3,(H,19,23)(H,20,25). The van der Waals surface area contributed by atoms with Crippen LogP contribution in [0.4, 0.5) is 16.2 Å². The van der Waals surface area contributed by atoms with Gasteiger partial charge in [0.15, 0.2) is 0 Å². The number of rotatable bonds is 5. The summed E-state index contributed by atoms with van der Waals surface area (Å²) >= 11 is 0. The Morgan fingerprint density at radius 2 is 1.89 bits per heavy atom. The smallest absolute Gasteiger partial charge is 0.325 e. The second-order valence-electron chi connectivity index (χ2n) is 6.17. The molecule has 0 aliphatic carbocycles. The van der Waals surface area contributed by atoms with Crippen molar-refractivity contribution in [1.82, 2.24) is 10.2 Å². The fourth-order valence-electron chi connectivity index (χ4n) is 2.83. The van der Waals surface area contributed by atoms with Gasteiger partial charge in [-0.3, -0.25) is 24.6 Å². The lowest BCUT2D eigenvalue weighted by Gasteiger charge is -2.22. The van der Waals surface area contributed by atoms with Gasteiger partial charge >= 0.3 is 6.03 Å². The molecule has 0 radical (unpaired) electrons. The highest BCUT2D eigenvalue weighted by Gasteiger charge is 2.49. The summed E-state index contributed by atoms with van der Waals surface area (Å²) in [4.78, 5) is 48.4. The van der Waals surface area contributed by atoms with Crippen LogP contribution in [-0.2, 0) is 15.1 Å². The lowest BCUT2D eigenvalue weighted by Crippen LogP contribution is -2.42. The Hall–Kier alpha value is -3.75. The summed E-state index contributed by atoms with van der Waals surface area (Å²) in [6, 6.07) is 13.3. The van der Waals surface area contributed by atoms with Crippen LogP contribution in [0.2, 0.25) is 0 Å². The van der Waals surface area contributed by atoms with Crippen molar-refractivity contribution >= 4 is 29.2 Å². The number of non-ortho nitro benzene ring substituents is 1. The largest absolute Gasteiger partial charge is 0.325 e. The highest BCUT2D eigenvalue weighted by molar-refractivity contribution is 6.10. The van der Waals surface area contributed by atoms with Gasteiger partial charge in [-0.05, 0) is 24.6 Å². The summed E-state index contributed by atoms with van der Waals surface area (Å²) in [7, 11) is 0. The average Bonchev–Trinajstić information content (AvgIpc) is 2.87. The number of benzene rings is 2. The Morgan fingerprint density at radius 3 is 2.56 bits per heavy atom. The van der Waals surface area contributed by atoms with Crippen LogP contribution in [0.5, 0.6) is 0 Å². The molecule has 0 spiro atoms. The summed E-state index contributed by atoms with van der Waals surface area (Å²) < 4.78 is 0. The number of nitro groups is 1. The van der Waals surface area contributed by atoms with E-state index in [-0.39, 0.29) is 11.3 Å². The molecule has 1 fully saturated rings. The van der Waals surface area contributed by atoms with Crippen molar-refractivity contribution < 1.29 is 19.3 Å². The predicted molar refractivity (Wildman–Crippen MR) is 95.8 cm³/mol. The molecule has 0 saturated carbocycles. The first kappa shape index (κ1) is 18.1. The maximum absolute atomic E-state index is 12.8. The van der Waals surface area contributed by atoms with E-state index in [0.29, 0.717) is 5.69 Å². The molecule has 0 bridgehead atoms. The number of hydrogen-bond acceptors (Lipinski definition) is 5. The Bertz CT molecular complexity index is 930. The second kappa shape index (κ2) is 6.87. The molecule has 4 amide bonds. The van der Waals surface area contributed by atoms with E-state index >= 15 is 0 Å². The third-order valence-corrected chi connectivity index (χ3v) is 4.27. The monoisotopic (exact) mass is 368 g/mol. The summed E-state index contributed by atoms with van der Waals surface area (Å²) in [5.41, 5.74) is -0.885. The zero-order valence-corrected chi connectivity index (χ0v) is 14.3. The Labute approximate surface area is 154 Å². The molecule has 1 aliphatic heterocycles. The maximum atomic E-state index is 12.8. The van der Waals surface area contributed by atoms with Gasteiger partial charge < -0.3 is 10.6 Å². The van der Waals surface area contributed by atoms with Gasteiger partial charge in [0.25, 0.3) is 11.6 Å². The van der Waals surface area contributed by atoms with E-state index in [9.17, 15) is 24.5 Å². The fraction of sp³-hybridized carbons (Fsp3) is 0.167. The van der Waals surface area contributed by atoms with Crippen molar-refractivity contribution in [3.63, 3.8) is 0 Å². The van der Waals surface area contributed by atoms with Gasteiger partial charge in [0.2, 0.25) is 5.91 Å². The van der Waals surface area contributed by atoms with E-state index in [1.165, 1.54) is 31.2 Å². The molecular weight excluding hydrogens is 352 g/mol.